The molecule has 2 nitrogen and oxygen atoms in total. The van der Waals surface area contributed by atoms with E-state index in [9.17, 15) is 0 Å². The lowest BCUT2D eigenvalue weighted by Crippen LogP contribution is -2.65. The predicted octanol–water partition coefficient (Wildman–Crippen LogP) is 10.1. The van der Waals surface area contributed by atoms with E-state index in [-0.39, 0.29) is 11.1 Å². The molecular weight excluding hydrogens is 654 g/mol. The normalized spacial score (nSPS) is 16.6. The van der Waals surface area contributed by atoms with Crippen LogP contribution >= 0.6 is 14.5 Å². The second-order valence-corrected chi connectivity index (χ2v) is 25.1. The van der Waals surface area contributed by atoms with E-state index < -0.39 is 14.5 Å². The molecule has 4 aromatic carbocycles. The van der Waals surface area contributed by atoms with Crippen LogP contribution < -0.4 is 26.5 Å². The Hall–Kier alpha value is -2.34. The van der Waals surface area contributed by atoms with Gasteiger partial charge in [-0.3, -0.25) is 0 Å². The lowest BCUT2D eigenvalue weighted by atomic mass is 9.78. The first-order valence-electron chi connectivity index (χ1n) is 20.0. The minimum atomic E-state index is -1.61. The number of quaternary nitrogens is 1. The molecule has 0 aliphatic carbocycles. The second-order valence-electron chi connectivity index (χ2n) is 17.4. The van der Waals surface area contributed by atoms with Gasteiger partial charge >= 0.3 is 0 Å². The van der Waals surface area contributed by atoms with Gasteiger partial charge in [-0.25, -0.2) is 0 Å². The van der Waals surface area contributed by atoms with Crippen LogP contribution in [0.2, 0.25) is 0 Å². The number of hydrogen-bond acceptors (Lipinski definition) is 1. The van der Waals surface area contributed by atoms with Crippen molar-refractivity contribution in [2.45, 2.75) is 103 Å². The fraction of sp³-hybridized carbons (Fsp3) is 0.489. The largest absolute Gasteiger partial charge is 0.326 e. The molecule has 1 saturated heterocycles. The summed E-state index contributed by atoms with van der Waals surface area (Å²) in [6.07, 6.45) is 15.4. The predicted molar refractivity (Wildman–Crippen MR) is 232 cm³/mol. The molecular formula is C47H69N2P2+3. The van der Waals surface area contributed by atoms with Gasteiger partial charge in [0.1, 0.15) is 0 Å². The molecule has 1 fully saturated rings. The topological polar surface area (TPSA) is 12.0 Å². The van der Waals surface area contributed by atoms with Gasteiger partial charge in [0.15, 0.2) is 0 Å². The number of benzene rings is 4. The van der Waals surface area contributed by atoms with Crippen molar-refractivity contribution in [3.63, 3.8) is 0 Å². The Kier molecular flexibility index (Phi) is 13.8. The van der Waals surface area contributed by atoms with Gasteiger partial charge in [-0.1, -0.05) is 86.1 Å². The molecule has 274 valence electrons. The third-order valence-electron chi connectivity index (χ3n) is 11.9. The first kappa shape index (κ1) is 39.9. The maximum atomic E-state index is 3.92. The van der Waals surface area contributed by atoms with Crippen molar-refractivity contribution in [2.24, 2.45) is 0 Å². The maximum absolute atomic E-state index is 3.92. The van der Waals surface area contributed by atoms with E-state index in [0.717, 1.165) is 4.48 Å². The van der Waals surface area contributed by atoms with Gasteiger partial charge in [0, 0.05) is 30.3 Å². The molecule has 1 aliphatic rings. The zero-order valence-electron chi connectivity index (χ0n) is 33.2. The summed E-state index contributed by atoms with van der Waals surface area (Å²) in [5.41, 5.74) is 0.362. The summed E-state index contributed by atoms with van der Waals surface area (Å²) in [7, 11) is 1.89. The van der Waals surface area contributed by atoms with E-state index in [0.29, 0.717) is 6.04 Å². The van der Waals surface area contributed by atoms with Crippen molar-refractivity contribution in [3.8, 4) is 0 Å². The third kappa shape index (κ3) is 10.2. The van der Waals surface area contributed by atoms with Crippen molar-refractivity contribution in [2.75, 3.05) is 45.3 Å². The SMILES string of the molecule is CCCC[P+](CCCC[P+](CCCC[N+](C)(C)C1CC(C)(C)NC(C)(C)C1)(c1ccccc1)c1ccccc1)(c1ccccc1)c1ccccc1. The fourth-order valence-corrected chi connectivity index (χ4v) is 18.7. The summed E-state index contributed by atoms with van der Waals surface area (Å²) in [6, 6.07) is 47.3. The Balaban J connectivity index is 1.37. The van der Waals surface area contributed by atoms with Crippen LogP contribution in [0.25, 0.3) is 0 Å². The number of nitrogens with zero attached hydrogens (tertiary/aromatic N) is 1. The minimum Gasteiger partial charge on any atom is -0.326 e. The van der Waals surface area contributed by atoms with E-state index in [1.807, 2.05) is 0 Å². The highest BCUT2D eigenvalue weighted by Gasteiger charge is 2.46. The van der Waals surface area contributed by atoms with Crippen LogP contribution in [0.4, 0.5) is 0 Å². The Morgan fingerprint density at radius 2 is 0.824 bits per heavy atom. The van der Waals surface area contributed by atoms with Crippen LogP contribution in [0.5, 0.6) is 0 Å². The molecule has 4 aromatic rings. The van der Waals surface area contributed by atoms with Crippen molar-refractivity contribution in [1.29, 1.82) is 0 Å². The number of nitrogens with one attached hydrogen (secondary N) is 1. The Morgan fingerprint density at radius 1 is 0.510 bits per heavy atom. The van der Waals surface area contributed by atoms with E-state index in [1.165, 1.54) is 82.6 Å². The lowest BCUT2D eigenvalue weighted by molar-refractivity contribution is -0.917. The van der Waals surface area contributed by atoms with Gasteiger partial charge in [0.05, 0.1) is 87.1 Å². The van der Waals surface area contributed by atoms with Crippen molar-refractivity contribution < 1.29 is 4.48 Å². The summed E-state index contributed by atoms with van der Waals surface area (Å²) in [4.78, 5) is 0. The molecule has 1 aliphatic heterocycles. The van der Waals surface area contributed by atoms with Gasteiger partial charge in [-0.2, -0.15) is 0 Å². The monoisotopic (exact) mass is 723 g/mol. The average Bonchev–Trinajstić information content (AvgIpc) is 3.12. The molecule has 0 amide bonds. The molecule has 1 N–H and O–H groups in total. The van der Waals surface area contributed by atoms with Gasteiger partial charge < -0.3 is 9.80 Å². The van der Waals surface area contributed by atoms with Crippen molar-refractivity contribution in [3.05, 3.63) is 121 Å². The van der Waals surface area contributed by atoms with Gasteiger partial charge in [-0.05, 0) is 102 Å². The van der Waals surface area contributed by atoms with Crippen molar-refractivity contribution >= 4 is 35.7 Å². The smallest absolute Gasteiger partial charge is 0.0991 e. The molecule has 1 heterocycles. The highest BCUT2D eigenvalue weighted by Crippen LogP contribution is 2.60. The third-order valence-corrected chi connectivity index (χ3v) is 21.4. The fourth-order valence-electron chi connectivity index (χ4n) is 9.45. The van der Waals surface area contributed by atoms with E-state index >= 15 is 0 Å². The zero-order valence-corrected chi connectivity index (χ0v) is 34.9. The van der Waals surface area contributed by atoms with Crippen LogP contribution in [0.3, 0.4) is 0 Å². The highest BCUT2D eigenvalue weighted by molar-refractivity contribution is 7.90. The summed E-state index contributed by atoms with van der Waals surface area (Å²) >= 11 is 0. The number of unbranched alkanes of at least 4 members (excludes halogenated alkanes) is 3. The second kappa shape index (κ2) is 17.7. The number of hydrogen-bond donors (Lipinski definition) is 1. The summed E-state index contributed by atoms with van der Waals surface area (Å²) in [5.74, 6) is 0. The number of rotatable bonds is 18. The molecule has 0 spiro atoms. The molecule has 5 rings (SSSR count). The van der Waals surface area contributed by atoms with Gasteiger partial charge in [-0.15, -0.1) is 0 Å². The summed E-state index contributed by atoms with van der Waals surface area (Å²) < 4.78 is 1.12. The summed E-state index contributed by atoms with van der Waals surface area (Å²) in [5, 5.41) is 10.3. The van der Waals surface area contributed by atoms with Gasteiger partial charge in [0.2, 0.25) is 0 Å². The van der Waals surface area contributed by atoms with Crippen molar-refractivity contribution in [1.82, 2.24) is 5.32 Å². The minimum absolute atomic E-state index is 0.181. The Bertz CT molecular complexity index is 1490. The highest BCUT2D eigenvalue weighted by atomic mass is 31.2. The zero-order chi connectivity index (χ0) is 36.4. The molecule has 0 unspecified atom stereocenters. The molecule has 0 aromatic heterocycles. The Morgan fingerprint density at radius 3 is 1.16 bits per heavy atom. The van der Waals surface area contributed by atoms with Crippen LogP contribution in [0, 0.1) is 0 Å². The molecule has 0 saturated carbocycles. The van der Waals surface area contributed by atoms with Gasteiger partial charge in [0.25, 0.3) is 0 Å². The molecule has 51 heavy (non-hydrogen) atoms. The first-order chi connectivity index (χ1) is 24.4. The van der Waals surface area contributed by atoms with Crippen LogP contribution in [-0.2, 0) is 0 Å². The maximum Gasteiger partial charge on any atom is 0.0991 e. The lowest BCUT2D eigenvalue weighted by Gasteiger charge is -2.51. The quantitative estimate of drug-likeness (QED) is 0.0613. The molecule has 0 atom stereocenters. The average molecular weight is 724 g/mol. The van der Waals surface area contributed by atoms with E-state index in [2.05, 4.69) is 175 Å². The van der Waals surface area contributed by atoms with E-state index in [1.54, 1.807) is 21.2 Å². The molecule has 0 bridgehead atoms. The van der Waals surface area contributed by atoms with E-state index in [4.69, 9.17) is 0 Å². The van der Waals surface area contributed by atoms with Crippen LogP contribution in [0.15, 0.2) is 121 Å². The first-order valence-corrected chi connectivity index (χ1v) is 24.3. The molecule has 0 radical (unpaired) electrons. The van der Waals surface area contributed by atoms with Crippen LogP contribution in [0.1, 0.15) is 86.0 Å². The standard InChI is InChI=1S/C47H69N2P2/c1-8-9-35-50(42-26-14-10-15-27-42,43-28-16-11-17-29-43)37-24-25-38-51(44-30-18-12-19-31-44,45-32-20-13-21-33-45)36-23-22-34-49(6,7)41-39-46(2,3)48-47(4,5)40-41/h10-21,26-33,41,48H,8-9,22-25,34-40H2,1-7H3/q+3. The number of piperidine rings is 1. The molecule has 4 heteroatoms. The Labute approximate surface area is 314 Å². The summed E-state index contributed by atoms with van der Waals surface area (Å²) in [6.45, 7) is 13.2. The van der Waals surface area contributed by atoms with Crippen LogP contribution in [-0.4, -0.2) is 66.9 Å².